The van der Waals surface area contributed by atoms with Gasteiger partial charge in [-0.15, -0.1) is 18.2 Å². The van der Waals surface area contributed by atoms with Crippen molar-refractivity contribution < 1.29 is 4.74 Å². The molecule has 0 amide bonds. The molecule has 0 fully saturated rings. The van der Waals surface area contributed by atoms with Crippen molar-refractivity contribution in [1.82, 2.24) is 0 Å². The van der Waals surface area contributed by atoms with E-state index in [1.807, 2.05) is 13.0 Å². The van der Waals surface area contributed by atoms with Crippen LogP contribution < -0.4 is 0 Å². The van der Waals surface area contributed by atoms with E-state index in [2.05, 4.69) is 13.5 Å². The molecule has 2 heteroatoms. The highest BCUT2D eigenvalue weighted by molar-refractivity contribution is 6.18. The first kappa shape index (κ1) is 12.0. The zero-order valence-electron chi connectivity index (χ0n) is 8.11. The van der Waals surface area contributed by atoms with Crippen LogP contribution in [0.1, 0.15) is 26.7 Å². The van der Waals surface area contributed by atoms with Crippen molar-refractivity contribution >= 4 is 11.6 Å². The Balaban J connectivity index is 3.51. The second kappa shape index (κ2) is 6.50. The highest BCUT2D eigenvalue weighted by Gasteiger charge is 2.17. The molecule has 0 aromatic heterocycles. The van der Waals surface area contributed by atoms with Crippen LogP contribution in [-0.2, 0) is 4.74 Å². The molecule has 1 unspecified atom stereocenters. The number of rotatable bonds is 7. The van der Waals surface area contributed by atoms with Crippen LogP contribution >= 0.6 is 11.6 Å². The minimum absolute atomic E-state index is 0.0820. The molecule has 0 N–H and O–H groups in total. The third kappa shape index (κ3) is 4.78. The molecule has 0 radical (unpaired) electrons. The zero-order chi connectivity index (χ0) is 9.45. The fraction of sp³-hybridized carbons (Fsp3) is 0.800. The van der Waals surface area contributed by atoms with Gasteiger partial charge in [0.05, 0.1) is 0 Å². The summed E-state index contributed by atoms with van der Waals surface area (Å²) in [5.41, 5.74) is 0.0820. The van der Waals surface area contributed by atoms with E-state index in [0.717, 1.165) is 26.1 Å². The van der Waals surface area contributed by atoms with Crippen LogP contribution in [0.3, 0.4) is 0 Å². The van der Waals surface area contributed by atoms with Gasteiger partial charge in [-0.05, 0) is 25.2 Å². The molecule has 0 saturated carbocycles. The van der Waals surface area contributed by atoms with Gasteiger partial charge in [-0.25, -0.2) is 0 Å². The minimum Gasteiger partial charge on any atom is -0.382 e. The van der Waals surface area contributed by atoms with Crippen LogP contribution in [0, 0.1) is 5.41 Å². The fourth-order valence-corrected chi connectivity index (χ4v) is 1.19. The molecule has 0 aromatic rings. The van der Waals surface area contributed by atoms with Gasteiger partial charge in [-0.2, -0.15) is 0 Å². The van der Waals surface area contributed by atoms with Crippen molar-refractivity contribution in [2.75, 3.05) is 19.1 Å². The van der Waals surface area contributed by atoms with E-state index >= 15 is 0 Å². The molecule has 0 aliphatic heterocycles. The van der Waals surface area contributed by atoms with E-state index in [1.165, 1.54) is 0 Å². The molecule has 0 spiro atoms. The van der Waals surface area contributed by atoms with Gasteiger partial charge >= 0.3 is 0 Å². The molecule has 1 atom stereocenters. The van der Waals surface area contributed by atoms with E-state index in [0.29, 0.717) is 5.88 Å². The Hall–Kier alpha value is -0.0100. The fourth-order valence-electron chi connectivity index (χ4n) is 0.946. The summed E-state index contributed by atoms with van der Waals surface area (Å²) in [6.45, 7) is 9.54. The van der Waals surface area contributed by atoms with Crippen LogP contribution in [0.2, 0.25) is 0 Å². The second-order valence-corrected chi connectivity index (χ2v) is 3.56. The lowest BCUT2D eigenvalue weighted by Crippen LogP contribution is -2.15. The number of halogens is 1. The van der Waals surface area contributed by atoms with Gasteiger partial charge in [0.2, 0.25) is 0 Å². The molecular weight excluding hydrogens is 172 g/mol. The second-order valence-electron chi connectivity index (χ2n) is 3.29. The summed E-state index contributed by atoms with van der Waals surface area (Å²) in [7, 11) is 0. The molecule has 0 saturated heterocycles. The molecule has 0 aliphatic carbocycles. The number of allylic oxidation sites excluding steroid dienone is 1. The van der Waals surface area contributed by atoms with Crippen LogP contribution in [0.5, 0.6) is 0 Å². The summed E-state index contributed by atoms with van der Waals surface area (Å²) in [5, 5.41) is 0. The van der Waals surface area contributed by atoms with Crippen molar-refractivity contribution in [2.24, 2.45) is 5.41 Å². The average Bonchev–Trinajstić information content (AvgIpc) is 2.12. The van der Waals surface area contributed by atoms with Crippen molar-refractivity contribution in [2.45, 2.75) is 26.7 Å². The number of ether oxygens (including phenoxy) is 1. The Morgan fingerprint density at radius 3 is 2.67 bits per heavy atom. The normalized spacial score (nSPS) is 15.6. The molecule has 1 nitrogen and oxygen atoms in total. The molecule has 0 rings (SSSR count). The standard InChI is InChI=1S/C10H19ClO/c1-4-10(3,9-11)7-6-8-12-5-2/h4H,1,5-9H2,2-3H3. The molecule has 0 bridgehead atoms. The first-order valence-electron chi connectivity index (χ1n) is 4.46. The summed E-state index contributed by atoms with van der Waals surface area (Å²) in [4.78, 5) is 0. The van der Waals surface area contributed by atoms with Gasteiger partial charge in [-0.3, -0.25) is 0 Å². The quantitative estimate of drug-likeness (QED) is 0.340. The van der Waals surface area contributed by atoms with Crippen LogP contribution in [-0.4, -0.2) is 19.1 Å². The maximum atomic E-state index is 5.81. The third-order valence-corrected chi connectivity index (χ3v) is 2.65. The van der Waals surface area contributed by atoms with Gasteiger partial charge < -0.3 is 4.74 Å². The van der Waals surface area contributed by atoms with Crippen LogP contribution in [0.25, 0.3) is 0 Å². The molecule has 0 aliphatic rings. The topological polar surface area (TPSA) is 9.23 Å². The lowest BCUT2D eigenvalue weighted by molar-refractivity contribution is 0.137. The van der Waals surface area contributed by atoms with Crippen molar-refractivity contribution in [1.29, 1.82) is 0 Å². The van der Waals surface area contributed by atoms with Gasteiger partial charge in [0.1, 0.15) is 0 Å². The van der Waals surface area contributed by atoms with E-state index in [-0.39, 0.29) is 5.41 Å². The monoisotopic (exact) mass is 190 g/mol. The van der Waals surface area contributed by atoms with E-state index < -0.39 is 0 Å². The minimum atomic E-state index is 0.0820. The molecule has 0 heterocycles. The van der Waals surface area contributed by atoms with Gasteiger partial charge in [-0.1, -0.05) is 13.0 Å². The van der Waals surface area contributed by atoms with E-state index in [4.69, 9.17) is 16.3 Å². The Bertz CT molecular complexity index is 125. The predicted octanol–water partition coefficient (Wildman–Crippen LogP) is 3.23. The average molecular weight is 191 g/mol. The van der Waals surface area contributed by atoms with Gasteiger partial charge in [0.15, 0.2) is 0 Å². The smallest absolute Gasteiger partial charge is 0.0466 e. The lowest BCUT2D eigenvalue weighted by Gasteiger charge is -2.22. The number of alkyl halides is 1. The summed E-state index contributed by atoms with van der Waals surface area (Å²) in [6.07, 6.45) is 4.05. The SMILES string of the molecule is C=CC(C)(CCl)CCCOCC. The van der Waals surface area contributed by atoms with Crippen LogP contribution in [0.4, 0.5) is 0 Å². The number of hydrogen-bond acceptors (Lipinski definition) is 1. The largest absolute Gasteiger partial charge is 0.382 e. The molecule has 12 heavy (non-hydrogen) atoms. The predicted molar refractivity (Wildman–Crippen MR) is 54.8 cm³/mol. The molecule has 72 valence electrons. The summed E-state index contributed by atoms with van der Waals surface area (Å²) in [6, 6.07) is 0. The van der Waals surface area contributed by atoms with Crippen molar-refractivity contribution in [3.05, 3.63) is 12.7 Å². The Labute approximate surface area is 80.8 Å². The first-order chi connectivity index (χ1) is 5.68. The third-order valence-electron chi connectivity index (χ3n) is 2.04. The molecule has 0 aromatic carbocycles. The Kier molecular flexibility index (Phi) is 6.49. The van der Waals surface area contributed by atoms with Crippen molar-refractivity contribution in [3.8, 4) is 0 Å². The van der Waals surface area contributed by atoms with E-state index in [1.54, 1.807) is 0 Å². The molecular formula is C10H19ClO. The Morgan fingerprint density at radius 1 is 1.58 bits per heavy atom. The highest BCUT2D eigenvalue weighted by Crippen LogP contribution is 2.25. The zero-order valence-corrected chi connectivity index (χ0v) is 8.86. The van der Waals surface area contributed by atoms with Crippen molar-refractivity contribution in [3.63, 3.8) is 0 Å². The summed E-state index contributed by atoms with van der Waals surface area (Å²) >= 11 is 5.81. The first-order valence-corrected chi connectivity index (χ1v) is 4.99. The number of hydrogen-bond donors (Lipinski definition) is 0. The highest BCUT2D eigenvalue weighted by atomic mass is 35.5. The van der Waals surface area contributed by atoms with Crippen LogP contribution in [0.15, 0.2) is 12.7 Å². The van der Waals surface area contributed by atoms with Gasteiger partial charge in [0, 0.05) is 19.1 Å². The maximum absolute atomic E-state index is 5.81. The van der Waals surface area contributed by atoms with Gasteiger partial charge in [0.25, 0.3) is 0 Å². The maximum Gasteiger partial charge on any atom is 0.0466 e. The Morgan fingerprint density at radius 2 is 2.25 bits per heavy atom. The summed E-state index contributed by atoms with van der Waals surface area (Å²) < 4.78 is 5.24. The van der Waals surface area contributed by atoms with E-state index in [9.17, 15) is 0 Å². The summed E-state index contributed by atoms with van der Waals surface area (Å²) in [5.74, 6) is 0.641. The lowest BCUT2D eigenvalue weighted by atomic mass is 9.88.